The molecule has 12 heteroatoms. The van der Waals surface area contributed by atoms with Crippen molar-refractivity contribution in [2.75, 3.05) is 13.1 Å². The highest BCUT2D eigenvalue weighted by Gasteiger charge is 2.37. The van der Waals surface area contributed by atoms with Crippen molar-refractivity contribution in [3.8, 4) is 0 Å². The predicted molar refractivity (Wildman–Crippen MR) is 144 cm³/mol. The standard InChI is InChI=1S/C31H28F8N2O2/c32-25-11-7-20(8-12-25)27(21-9-13-26(33)14-10-21)5-1-2-6-28(42)40-15-3-4-16-41-29(43)22-17-23(30(34,35)36)19-24(18-22)31(37,38)39/h3-4,7-14,17-19,27H,1-2,5-6,15-16H2,(H,40,42)(H,41,43). The van der Waals surface area contributed by atoms with Gasteiger partial charge in [-0.1, -0.05) is 42.8 Å². The molecule has 2 N–H and O–H groups in total. The normalized spacial score (nSPS) is 12.1. The zero-order valence-electron chi connectivity index (χ0n) is 22.7. The molecule has 0 spiro atoms. The maximum absolute atomic E-state index is 13.4. The second-order valence-electron chi connectivity index (χ2n) is 9.68. The van der Waals surface area contributed by atoms with Crippen molar-refractivity contribution in [1.82, 2.24) is 10.6 Å². The number of unbranched alkanes of at least 4 members (excludes halogenated alkanes) is 1. The van der Waals surface area contributed by atoms with E-state index in [9.17, 15) is 44.7 Å². The molecule has 3 aromatic carbocycles. The summed E-state index contributed by atoms with van der Waals surface area (Å²) >= 11 is 0. The van der Waals surface area contributed by atoms with Crippen molar-refractivity contribution >= 4 is 11.8 Å². The monoisotopic (exact) mass is 612 g/mol. The first-order valence-electron chi connectivity index (χ1n) is 13.2. The zero-order chi connectivity index (χ0) is 31.6. The van der Waals surface area contributed by atoms with Crippen molar-refractivity contribution in [2.24, 2.45) is 0 Å². The Labute approximate surface area is 242 Å². The van der Waals surface area contributed by atoms with E-state index < -0.39 is 35.0 Å². The summed E-state index contributed by atoms with van der Waals surface area (Å²) in [6.45, 7) is -0.106. The quantitative estimate of drug-likeness (QED) is 0.125. The number of hydrogen-bond acceptors (Lipinski definition) is 2. The van der Waals surface area contributed by atoms with Crippen LogP contribution in [0.3, 0.4) is 0 Å². The summed E-state index contributed by atoms with van der Waals surface area (Å²) in [5.74, 6) is -2.23. The Balaban J connectivity index is 1.42. The zero-order valence-corrected chi connectivity index (χ0v) is 22.7. The predicted octanol–water partition coefficient (Wildman–Crippen LogP) is 7.80. The van der Waals surface area contributed by atoms with Crippen LogP contribution in [0.15, 0.2) is 78.9 Å². The van der Waals surface area contributed by atoms with E-state index in [1.165, 1.54) is 36.4 Å². The highest BCUT2D eigenvalue weighted by Crippen LogP contribution is 2.36. The van der Waals surface area contributed by atoms with Gasteiger partial charge < -0.3 is 10.6 Å². The van der Waals surface area contributed by atoms with Crippen LogP contribution >= 0.6 is 0 Å². The van der Waals surface area contributed by atoms with Crippen LogP contribution in [0.4, 0.5) is 35.1 Å². The molecule has 0 aliphatic heterocycles. The molecule has 230 valence electrons. The lowest BCUT2D eigenvalue weighted by atomic mass is 9.87. The lowest BCUT2D eigenvalue weighted by Gasteiger charge is -2.18. The molecule has 0 aliphatic rings. The number of amides is 2. The maximum Gasteiger partial charge on any atom is 0.416 e. The Bertz CT molecular complexity index is 1320. The molecule has 2 amide bonds. The van der Waals surface area contributed by atoms with Crippen molar-refractivity contribution < 1.29 is 44.7 Å². The molecule has 43 heavy (non-hydrogen) atoms. The minimum atomic E-state index is -5.07. The Morgan fingerprint density at radius 3 is 1.60 bits per heavy atom. The molecule has 0 aromatic heterocycles. The van der Waals surface area contributed by atoms with Crippen LogP contribution in [0.5, 0.6) is 0 Å². The first kappa shape index (κ1) is 33.3. The van der Waals surface area contributed by atoms with Gasteiger partial charge in [-0.15, -0.1) is 0 Å². The molecule has 0 saturated carbocycles. The average molecular weight is 613 g/mol. The molecule has 0 aliphatic carbocycles. The topological polar surface area (TPSA) is 58.2 Å². The summed E-state index contributed by atoms with van der Waals surface area (Å²) in [6.07, 6.45) is -5.22. The van der Waals surface area contributed by atoms with E-state index in [2.05, 4.69) is 10.6 Å². The Kier molecular flexibility index (Phi) is 11.4. The van der Waals surface area contributed by atoms with Gasteiger partial charge in [-0.3, -0.25) is 9.59 Å². The molecule has 0 unspecified atom stereocenters. The largest absolute Gasteiger partial charge is 0.416 e. The van der Waals surface area contributed by atoms with Gasteiger partial charge in [0.1, 0.15) is 11.6 Å². The van der Waals surface area contributed by atoms with Gasteiger partial charge in [0.25, 0.3) is 5.91 Å². The molecule has 0 bridgehead atoms. The van der Waals surface area contributed by atoms with Crippen LogP contribution in [-0.2, 0) is 17.1 Å². The first-order valence-corrected chi connectivity index (χ1v) is 13.2. The summed E-state index contributed by atoms with van der Waals surface area (Å²) in [5, 5.41) is 4.86. The van der Waals surface area contributed by atoms with Gasteiger partial charge in [0.15, 0.2) is 0 Å². The van der Waals surface area contributed by atoms with Crippen LogP contribution in [0.25, 0.3) is 0 Å². The molecular weight excluding hydrogens is 584 g/mol. The second kappa shape index (κ2) is 14.8. The van der Waals surface area contributed by atoms with Gasteiger partial charge in [0.05, 0.1) is 11.1 Å². The van der Waals surface area contributed by atoms with Crippen molar-refractivity contribution in [3.05, 3.63) is 118 Å². The highest BCUT2D eigenvalue weighted by molar-refractivity contribution is 5.94. The first-order chi connectivity index (χ1) is 20.2. The molecule has 3 rings (SSSR count). The Morgan fingerprint density at radius 1 is 0.674 bits per heavy atom. The minimum Gasteiger partial charge on any atom is -0.353 e. The number of halogens is 8. The van der Waals surface area contributed by atoms with Crippen molar-refractivity contribution in [2.45, 2.75) is 44.0 Å². The van der Waals surface area contributed by atoms with Crippen molar-refractivity contribution in [3.63, 3.8) is 0 Å². The van der Waals surface area contributed by atoms with Gasteiger partial charge in [-0.2, -0.15) is 26.3 Å². The van der Waals surface area contributed by atoms with Crippen LogP contribution in [0.2, 0.25) is 0 Å². The van der Waals surface area contributed by atoms with Crippen LogP contribution in [0.1, 0.15) is 64.2 Å². The molecule has 0 atom stereocenters. The fraction of sp³-hybridized carbons (Fsp3) is 0.290. The molecule has 0 saturated heterocycles. The minimum absolute atomic E-state index is 0.0607. The van der Waals surface area contributed by atoms with Gasteiger partial charge >= 0.3 is 12.4 Å². The summed E-state index contributed by atoms with van der Waals surface area (Å²) < 4.78 is 105. The summed E-state index contributed by atoms with van der Waals surface area (Å²) in [5.41, 5.74) is -2.24. The molecule has 0 radical (unpaired) electrons. The number of carbonyl (C=O) groups excluding carboxylic acids is 2. The van der Waals surface area contributed by atoms with E-state index in [0.29, 0.717) is 31.4 Å². The SMILES string of the molecule is O=C(CCCCC(c1ccc(F)cc1)c1ccc(F)cc1)NCC=CCNC(=O)c1cc(C(F)(F)F)cc(C(F)(F)F)c1. The van der Waals surface area contributed by atoms with Gasteiger partial charge in [-0.25, -0.2) is 8.78 Å². The van der Waals surface area contributed by atoms with E-state index in [1.54, 1.807) is 24.3 Å². The van der Waals surface area contributed by atoms with E-state index in [0.717, 1.165) is 11.1 Å². The fourth-order valence-corrected chi connectivity index (χ4v) is 4.32. The molecular formula is C31H28F8N2O2. The molecule has 4 nitrogen and oxygen atoms in total. The number of nitrogens with one attached hydrogen (secondary N) is 2. The molecule has 3 aromatic rings. The summed E-state index contributed by atoms with van der Waals surface area (Å²) in [4.78, 5) is 24.3. The lowest BCUT2D eigenvalue weighted by molar-refractivity contribution is -0.143. The Hall–Kier alpha value is -4.22. The number of alkyl halides is 6. The van der Waals surface area contributed by atoms with Crippen LogP contribution in [-0.4, -0.2) is 24.9 Å². The van der Waals surface area contributed by atoms with Crippen LogP contribution < -0.4 is 10.6 Å². The van der Waals surface area contributed by atoms with E-state index in [1.807, 2.05) is 0 Å². The maximum atomic E-state index is 13.4. The van der Waals surface area contributed by atoms with E-state index in [4.69, 9.17) is 0 Å². The molecule has 0 heterocycles. The fourth-order valence-electron chi connectivity index (χ4n) is 4.32. The number of carbonyl (C=O) groups is 2. The number of rotatable bonds is 12. The highest BCUT2D eigenvalue weighted by atomic mass is 19.4. The van der Waals surface area contributed by atoms with Gasteiger partial charge in [0.2, 0.25) is 5.91 Å². The van der Waals surface area contributed by atoms with E-state index >= 15 is 0 Å². The van der Waals surface area contributed by atoms with Gasteiger partial charge in [0, 0.05) is 31.0 Å². The average Bonchev–Trinajstić information content (AvgIpc) is 2.95. The number of benzene rings is 3. The third-order valence-electron chi connectivity index (χ3n) is 6.51. The summed E-state index contributed by atoms with van der Waals surface area (Å²) in [6, 6.07) is 12.7. The van der Waals surface area contributed by atoms with Gasteiger partial charge in [-0.05, 0) is 66.4 Å². The third-order valence-corrected chi connectivity index (χ3v) is 6.51. The van der Waals surface area contributed by atoms with Crippen molar-refractivity contribution in [1.29, 1.82) is 0 Å². The smallest absolute Gasteiger partial charge is 0.353 e. The van der Waals surface area contributed by atoms with Crippen LogP contribution in [0, 0.1) is 11.6 Å². The molecule has 0 fully saturated rings. The summed E-state index contributed by atoms with van der Waals surface area (Å²) in [7, 11) is 0. The second-order valence-corrected chi connectivity index (χ2v) is 9.68. The lowest BCUT2D eigenvalue weighted by Crippen LogP contribution is -2.25. The van der Waals surface area contributed by atoms with E-state index in [-0.39, 0.29) is 49.0 Å². The third kappa shape index (κ3) is 10.5. The Morgan fingerprint density at radius 2 is 1.14 bits per heavy atom. The number of hydrogen-bond donors (Lipinski definition) is 2.